The average molecular weight is 719 g/mol. The second-order valence-corrected chi connectivity index (χ2v) is 11.1. The molecular weight excluding hydrogens is 672 g/mol. The van der Waals surface area contributed by atoms with Gasteiger partial charge in [-0.15, -0.1) is 0 Å². The van der Waals surface area contributed by atoms with Gasteiger partial charge in [-0.05, 0) is 11.1 Å². The highest BCUT2D eigenvalue weighted by molar-refractivity contribution is 5.85. The highest BCUT2D eigenvalue weighted by atomic mass is 16.6. The molecule has 2 fully saturated rings. The van der Waals surface area contributed by atoms with Crippen molar-refractivity contribution in [3.8, 4) is 0 Å². The summed E-state index contributed by atoms with van der Waals surface area (Å²) in [5.74, 6) is -3.35. The maximum atomic E-state index is 12.1. The Balaban J connectivity index is 0.000000296. The number of methoxy groups -OCH3 is 2. The number of benzene rings is 2. The van der Waals surface area contributed by atoms with Crippen molar-refractivity contribution in [1.29, 1.82) is 0 Å². The van der Waals surface area contributed by atoms with Crippen LogP contribution in [0.15, 0.2) is 60.7 Å². The summed E-state index contributed by atoms with van der Waals surface area (Å²) in [6.45, 7) is 4.87. The third-order valence-corrected chi connectivity index (χ3v) is 7.38. The van der Waals surface area contributed by atoms with Crippen molar-refractivity contribution in [2.75, 3.05) is 66.6 Å². The SMILES string of the molecule is COC(=O)C[C@@H](O)C(=O)N1CCN(C(=O)OCc2ccccc2)CC1.COC(=O)C[C@@H](O)C(=O)O.O=C(OCc1ccccc1)N1CCNCC1. The van der Waals surface area contributed by atoms with Crippen molar-refractivity contribution in [3.05, 3.63) is 71.8 Å². The predicted octanol–water partition coefficient (Wildman–Crippen LogP) is 0.615. The van der Waals surface area contributed by atoms with Crippen LogP contribution in [0, 0.1) is 0 Å². The summed E-state index contributed by atoms with van der Waals surface area (Å²) in [6, 6.07) is 19.1. The molecule has 2 aliphatic heterocycles. The lowest BCUT2D eigenvalue weighted by Gasteiger charge is -2.34. The molecular formula is C34H46N4O13. The van der Waals surface area contributed by atoms with Crippen LogP contribution in [0.4, 0.5) is 9.59 Å². The summed E-state index contributed by atoms with van der Waals surface area (Å²) >= 11 is 0. The first-order valence-corrected chi connectivity index (χ1v) is 16.1. The Bertz CT molecular complexity index is 1380. The van der Waals surface area contributed by atoms with Crippen molar-refractivity contribution in [2.24, 2.45) is 0 Å². The van der Waals surface area contributed by atoms with E-state index in [9.17, 15) is 33.9 Å². The number of carboxylic acid groups (broad SMARTS) is 1. The van der Waals surface area contributed by atoms with Crippen molar-refractivity contribution in [2.45, 2.75) is 38.3 Å². The molecule has 0 spiro atoms. The molecule has 17 heteroatoms. The Hall–Kier alpha value is -5.26. The zero-order valence-electron chi connectivity index (χ0n) is 28.7. The molecule has 0 saturated carbocycles. The van der Waals surface area contributed by atoms with E-state index in [0.717, 1.165) is 44.4 Å². The van der Waals surface area contributed by atoms with Gasteiger partial charge >= 0.3 is 30.1 Å². The molecule has 0 unspecified atom stereocenters. The fourth-order valence-electron chi connectivity index (χ4n) is 4.45. The third kappa shape index (κ3) is 16.3. The van der Waals surface area contributed by atoms with Crippen molar-refractivity contribution < 1.29 is 63.0 Å². The lowest BCUT2D eigenvalue weighted by molar-refractivity contribution is -0.154. The molecule has 3 amide bonds. The van der Waals surface area contributed by atoms with Gasteiger partial charge in [0.1, 0.15) is 19.3 Å². The molecule has 2 heterocycles. The monoisotopic (exact) mass is 718 g/mol. The lowest BCUT2D eigenvalue weighted by Crippen LogP contribution is -2.53. The Kier molecular flexibility index (Phi) is 19.1. The van der Waals surface area contributed by atoms with Gasteiger partial charge in [0.25, 0.3) is 5.91 Å². The van der Waals surface area contributed by atoms with Crippen LogP contribution in [0.2, 0.25) is 0 Å². The average Bonchev–Trinajstić information content (AvgIpc) is 3.17. The van der Waals surface area contributed by atoms with Crippen LogP contribution < -0.4 is 5.32 Å². The second-order valence-electron chi connectivity index (χ2n) is 11.1. The van der Waals surface area contributed by atoms with Gasteiger partial charge in [-0.1, -0.05) is 60.7 Å². The normalized spacial score (nSPS) is 14.9. The van der Waals surface area contributed by atoms with E-state index in [0.29, 0.717) is 19.7 Å². The van der Waals surface area contributed by atoms with Gasteiger partial charge in [-0.25, -0.2) is 14.4 Å². The van der Waals surface area contributed by atoms with E-state index in [1.54, 1.807) is 4.90 Å². The van der Waals surface area contributed by atoms with Crippen LogP contribution in [0.3, 0.4) is 0 Å². The summed E-state index contributed by atoms with van der Waals surface area (Å²) < 4.78 is 19.0. The summed E-state index contributed by atoms with van der Waals surface area (Å²) in [7, 11) is 2.32. The molecule has 0 radical (unpaired) electrons. The fourth-order valence-corrected chi connectivity index (χ4v) is 4.45. The fraction of sp³-hybridized carbons (Fsp3) is 0.471. The van der Waals surface area contributed by atoms with E-state index < -0.39 is 48.5 Å². The molecule has 4 N–H and O–H groups in total. The van der Waals surface area contributed by atoms with Gasteiger partial charge in [-0.2, -0.15) is 0 Å². The first-order valence-electron chi connectivity index (χ1n) is 16.1. The minimum atomic E-state index is -1.66. The molecule has 2 atom stereocenters. The first-order chi connectivity index (χ1) is 24.4. The molecule has 2 aromatic rings. The number of hydrogen-bond donors (Lipinski definition) is 4. The number of carbonyl (C=O) groups is 6. The van der Waals surface area contributed by atoms with Gasteiger partial charge in [0.15, 0.2) is 6.10 Å². The number of piperazine rings is 2. The highest BCUT2D eigenvalue weighted by Gasteiger charge is 2.30. The molecule has 4 rings (SSSR count). The zero-order valence-corrected chi connectivity index (χ0v) is 28.7. The number of nitrogens with one attached hydrogen (secondary N) is 1. The Morgan fingerprint density at radius 1 is 0.627 bits per heavy atom. The number of aliphatic hydroxyl groups excluding tert-OH is 2. The Morgan fingerprint density at radius 3 is 1.43 bits per heavy atom. The summed E-state index contributed by atoms with van der Waals surface area (Å²) in [4.78, 5) is 71.7. The first kappa shape index (κ1) is 41.9. The van der Waals surface area contributed by atoms with Gasteiger partial charge in [0.2, 0.25) is 0 Å². The van der Waals surface area contributed by atoms with Crippen LogP contribution in [-0.4, -0.2) is 145 Å². The Morgan fingerprint density at radius 2 is 1.02 bits per heavy atom. The second kappa shape index (κ2) is 23.2. The molecule has 17 nitrogen and oxygen atoms in total. The quantitative estimate of drug-likeness (QED) is 0.195. The van der Waals surface area contributed by atoms with Gasteiger partial charge in [0.05, 0.1) is 27.1 Å². The van der Waals surface area contributed by atoms with Gasteiger partial charge in [0, 0.05) is 52.4 Å². The standard InChI is InChI=1S/C17H22N2O6.C12H16N2O2.C5H8O5/c1-24-15(21)11-14(20)16(22)18-7-9-19(10-8-18)17(23)25-12-13-5-3-2-4-6-13;15-12(14-8-6-13-7-9-14)16-10-11-4-2-1-3-5-11;1-10-4(7)2-3(6)5(8)9/h2-6,14,20H,7-12H2,1H3;1-5,13H,6-10H2;3,6H,2H2,1H3,(H,8,9)/t14-;;3-/m1.1/s1. The van der Waals surface area contributed by atoms with Crippen LogP contribution in [-0.2, 0) is 51.3 Å². The minimum Gasteiger partial charge on any atom is -0.479 e. The number of nitrogens with zero attached hydrogens (tertiary/aromatic N) is 3. The van der Waals surface area contributed by atoms with Crippen molar-refractivity contribution >= 4 is 36.0 Å². The molecule has 2 aliphatic rings. The zero-order chi connectivity index (χ0) is 37.6. The van der Waals surface area contributed by atoms with E-state index in [1.165, 1.54) is 16.9 Å². The van der Waals surface area contributed by atoms with E-state index in [2.05, 4.69) is 14.8 Å². The molecule has 51 heavy (non-hydrogen) atoms. The maximum Gasteiger partial charge on any atom is 0.410 e. The molecule has 0 aromatic heterocycles. The maximum absolute atomic E-state index is 12.1. The number of aliphatic carboxylic acids is 1. The van der Waals surface area contributed by atoms with E-state index in [1.807, 2.05) is 60.7 Å². The van der Waals surface area contributed by atoms with E-state index in [4.69, 9.17) is 19.7 Å². The predicted molar refractivity (Wildman–Crippen MR) is 179 cm³/mol. The van der Waals surface area contributed by atoms with Gasteiger partial charge in [-0.3, -0.25) is 14.4 Å². The molecule has 280 valence electrons. The van der Waals surface area contributed by atoms with E-state index in [-0.39, 0.29) is 32.2 Å². The molecule has 2 aromatic carbocycles. The summed E-state index contributed by atoms with van der Waals surface area (Å²) in [6.07, 6.45) is -4.63. The highest BCUT2D eigenvalue weighted by Crippen LogP contribution is 2.10. The van der Waals surface area contributed by atoms with Gasteiger partial charge < -0.3 is 54.3 Å². The number of carbonyl (C=O) groups excluding carboxylic acids is 5. The van der Waals surface area contributed by atoms with Crippen LogP contribution in [0.5, 0.6) is 0 Å². The van der Waals surface area contributed by atoms with Crippen molar-refractivity contribution in [1.82, 2.24) is 20.0 Å². The van der Waals surface area contributed by atoms with Crippen LogP contribution in [0.1, 0.15) is 24.0 Å². The minimum absolute atomic E-state index is 0.191. The molecule has 2 saturated heterocycles. The van der Waals surface area contributed by atoms with Crippen molar-refractivity contribution in [3.63, 3.8) is 0 Å². The number of amides is 3. The number of aliphatic hydroxyl groups is 2. The number of hydrogen-bond acceptors (Lipinski definition) is 13. The number of ether oxygens (including phenoxy) is 4. The molecule has 0 aliphatic carbocycles. The molecule has 0 bridgehead atoms. The Labute approximate surface area is 295 Å². The third-order valence-electron chi connectivity index (χ3n) is 7.38. The largest absolute Gasteiger partial charge is 0.479 e. The smallest absolute Gasteiger partial charge is 0.410 e. The topological polar surface area (TPSA) is 222 Å². The van der Waals surface area contributed by atoms with Crippen LogP contribution in [0.25, 0.3) is 0 Å². The number of rotatable bonds is 10. The lowest BCUT2D eigenvalue weighted by atomic mass is 10.2. The number of carboxylic acids is 1. The summed E-state index contributed by atoms with van der Waals surface area (Å²) in [5, 5.41) is 29.5. The van der Waals surface area contributed by atoms with E-state index >= 15 is 0 Å². The summed E-state index contributed by atoms with van der Waals surface area (Å²) in [5.41, 5.74) is 1.92. The number of esters is 2. The van der Waals surface area contributed by atoms with Crippen LogP contribution >= 0.6 is 0 Å².